The average molecular weight is 579 g/mol. The first kappa shape index (κ1) is 25.3. The molecule has 0 unspecified atom stereocenters. The summed E-state index contributed by atoms with van der Waals surface area (Å²) in [5.41, 5.74) is 12.2. The van der Waals surface area contributed by atoms with Gasteiger partial charge >= 0.3 is 0 Å². The summed E-state index contributed by atoms with van der Waals surface area (Å²) < 4.78 is 0. The van der Waals surface area contributed by atoms with Gasteiger partial charge in [-0.05, 0) is 51.6 Å². The minimum atomic E-state index is -0.500. The van der Waals surface area contributed by atoms with Gasteiger partial charge in [-0.3, -0.25) is 0 Å². The van der Waals surface area contributed by atoms with Crippen molar-refractivity contribution in [2.75, 3.05) is 0 Å². The van der Waals surface area contributed by atoms with E-state index in [4.69, 9.17) is 9.97 Å². The van der Waals surface area contributed by atoms with Gasteiger partial charge in [0.2, 0.25) is 0 Å². The molecule has 0 atom stereocenters. The monoisotopic (exact) mass is 578 g/mol. The van der Waals surface area contributed by atoms with E-state index >= 15 is 0 Å². The van der Waals surface area contributed by atoms with E-state index in [-0.39, 0.29) is 0 Å². The van der Waals surface area contributed by atoms with Crippen LogP contribution >= 0.6 is 11.8 Å². The predicted molar refractivity (Wildman–Crippen MR) is 180 cm³/mol. The van der Waals surface area contributed by atoms with Gasteiger partial charge in [0, 0.05) is 26.5 Å². The van der Waals surface area contributed by atoms with Crippen LogP contribution in [0.15, 0.2) is 168 Å². The summed E-state index contributed by atoms with van der Waals surface area (Å²) in [5, 5.41) is 0. The van der Waals surface area contributed by atoms with E-state index in [1.165, 1.54) is 43.2 Å². The van der Waals surface area contributed by atoms with Crippen LogP contribution in [0.25, 0.3) is 45.0 Å². The van der Waals surface area contributed by atoms with Crippen molar-refractivity contribution in [1.82, 2.24) is 9.97 Å². The smallest absolute Gasteiger partial charge is 0.160 e. The fourth-order valence-corrected chi connectivity index (χ4v) is 8.37. The molecular formula is C41H26N2S. The largest absolute Gasteiger partial charge is 0.228 e. The number of rotatable bonds is 3. The summed E-state index contributed by atoms with van der Waals surface area (Å²) in [4.78, 5) is 13.2. The summed E-state index contributed by atoms with van der Waals surface area (Å²) in [7, 11) is 0. The standard InChI is InChI=1S/C41H26N2S/c1-3-14-27(15-4-1)35-26-36(28-16-5-2-6-17-28)43-40(42-35)31-20-13-19-30-29-18-7-8-21-32(29)41(39(30)31)33-22-9-11-24-37(33)44-38-25-12-10-23-34(38)41/h1-26H. The Kier molecular flexibility index (Phi) is 5.69. The number of nitrogens with zero attached hydrogens (tertiary/aromatic N) is 2. The molecule has 6 aromatic carbocycles. The fourth-order valence-electron chi connectivity index (χ4n) is 7.18. The highest BCUT2D eigenvalue weighted by molar-refractivity contribution is 7.99. The Bertz CT molecular complexity index is 2100. The lowest BCUT2D eigenvalue weighted by Gasteiger charge is -2.40. The first-order valence-electron chi connectivity index (χ1n) is 14.9. The lowest BCUT2D eigenvalue weighted by atomic mass is 9.66. The van der Waals surface area contributed by atoms with Crippen LogP contribution in [-0.4, -0.2) is 9.97 Å². The van der Waals surface area contributed by atoms with Crippen molar-refractivity contribution >= 4 is 11.8 Å². The molecule has 0 radical (unpaired) electrons. The fraction of sp³-hybridized carbons (Fsp3) is 0.0244. The van der Waals surface area contributed by atoms with Gasteiger partial charge in [0.15, 0.2) is 5.82 Å². The van der Waals surface area contributed by atoms with Gasteiger partial charge in [0.05, 0.1) is 16.8 Å². The molecular weight excluding hydrogens is 553 g/mol. The Labute approximate surface area is 261 Å². The maximum absolute atomic E-state index is 5.31. The van der Waals surface area contributed by atoms with Crippen LogP contribution in [0.5, 0.6) is 0 Å². The molecule has 2 heterocycles. The van der Waals surface area contributed by atoms with E-state index in [0.29, 0.717) is 0 Å². The van der Waals surface area contributed by atoms with Crippen molar-refractivity contribution in [3.8, 4) is 45.0 Å². The van der Waals surface area contributed by atoms with Crippen molar-refractivity contribution in [3.05, 3.63) is 180 Å². The molecule has 0 amide bonds. The lowest BCUT2D eigenvalue weighted by Crippen LogP contribution is -2.32. The van der Waals surface area contributed by atoms with Crippen molar-refractivity contribution in [3.63, 3.8) is 0 Å². The van der Waals surface area contributed by atoms with Gasteiger partial charge in [-0.15, -0.1) is 0 Å². The number of hydrogen-bond donors (Lipinski definition) is 0. The Balaban J connectivity index is 1.41. The highest BCUT2D eigenvalue weighted by atomic mass is 32.2. The molecule has 2 nitrogen and oxygen atoms in total. The van der Waals surface area contributed by atoms with Gasteiger partial charge in [-0.25, -0.2) is 9.97 Å². The van der Waals surface area contributed by atoms with E-state index in [1.54, 1.807) is 0 Å². The molecule has 9 rings (SSSR count). The molecule has 0 fully saturated rings. The Hall–Kier alpha value is -5.25. The normalized spacial score (nSPS) is 13.5. The second-order valence-corrected chi connectivity index (χ2v) is 12.4. The van der Waals surface area contributed by atoms with Crippen LogP contribution in [0, 0.1) is 0 Å². The van der Waals surface area contributed by atoms with Gasteiger partial charge in [-0.1, -0.05) is 151 Å². The molecule has 1 spiro atoms. The maximum Gasteiger partial charge on any atom is 0.160 e. The van der Waals surface area contributed by atoms with Gasteiger partial charge in [0.1, 0.15) is 0 Å². The van der Waals surface area contributed by atoms with Crippen molar-refractivity contribution in [2.45, 2.75) is 15.2 Å². The quantitative estimate of drug-likeness (QED) is 0.209. The second kappa shape index (κ2) is 9.90. The zero-order valence-corrected chi connectivity index (χ0v) is 24.6. The highest BCUT2D eigenvalue weighted by Gasteiger charge is 2.51. The molecule has 2 aliphatic rings. The third-order valence-corrected chi connectivity index (χ3v) is 10.1. The minimum absolute atomic E-state index is 0.500. The first-order chi connectivity index (χ1) is 21.8. The van der Waals surface area contributed by atoms with Crippen LogP contribution in [0.3, 0.4) is 0 Å². The van der Waals surface area contributed by atoms with Crippen molar-refractivity contribution in [2.24, 2.45) is 0 Å². The summed E-state index contributed by atoms with van der Waals surface area (Å²) in [6.45, 7) is 0. The van der Waals surface area contributed by atoms with E-state index < -0.39 is 5.41 Å². The van der Waals surface area contributed by atoms with E-state index in [9.17, 15) is 0 Å². The van der Waals surface area contributed by atoms with Gasteiger partial charge < -0.3 is 0 Å². The number of fused-ring (bicyclic) bond motifs is 9. The van der Waals surface area contributed by atoms with E-state index in [2.05, 4.69) is 146 Å². The Morgan fingerprint density at radius 2 is 0.886 bits per heavy atom. The van der Waals surface area contributed by atoms with Crippen LogP contribution in [0.4, 0.5) is 0 Å². The molecule has 7 aromatic rings. The molecule has 1 aliphatic carbocycles. The first-order valence-corrected chi connectivity index (χ1v) is 15.7. The maximum atomic E-state index is 5.31. The summed E-state index contributed by atoms with van der Waals surface area (Å²) >= 11 is 1.86. The van der Waals surface area contributed by atoms with Gasteiger partial charge in [-0.2, -0.15) is 0 Å². The molecule has 0 N–H and O–H groups in total. The van der Waals surface area contributed by atoms with E-state index in [1.807, 2.05) is 23.9 Å². The molecule has 3 heteroatoms. The third kappa shape index (κ3) is 3.63. The Morgan fingerprint density at radius 3 is 1.50 bits per heavy atom. The highest BCUT2D eigenvalue weighted by Crippen LogP contribution is 2.63. The SMILES string of the molecule is c1ccc(-c2cc(-c3ccccc3)nc(-c3cccc4c3C3(c5ccccc5Sc5ccccc53)c3ccccc3-4)n2)cc1. The lowest BCUT2D eigenvalue weighted by molar-refractivity contribution is 0.723. The van der Waals surface area contributed by atoms with Gasteiger partial charge in [0.25, 0.3) is 0 Å². The number of hydrogen-bond acceptors (Lipinski definition) is 3. The van der Waals surface area contributed by atoms with Crippen LogP contribution in [-0.2, 0) is 5.41 Å². The minimum Gasteiger partial charge on any atom is -0.228 e. The number of aromatic nitrogens is 2. The van der Waals surface area contributed by atoms with E-state index in [0.717, 1.165) is 33.9 Å². The summed E-state index contributed by atoms with van der Waals surface area (Å²) in [5.74, 6) is 0.738. The molecule has 0 saturated heterocycles. The number of benzene rings is 6. The van der Waals surface area contributed by atoms with Crippen LogP contribution < -0.4 is 0 Å². The van der Waals surface area contributed by atoms with Crippen molar-refractivity contribution < 1.29 is 0 Å². The molecule has 0 saturated carbocycles. The zero-order chi connectivity index (χ0) is 29.1. The zero-order valence-electron chi connectivity index (χ0n) is 23.8. The summed E-state index contributed by atoms with van der Waals surface area (Å²) in [6, 6.07) is 56.4. The van der Waals surface area contributed by atoms with Crippen molar-refractivity contribution in [1.29, 1.82) is 0 Å². The Morgan fingerprint density at radius 1 is 0.409 bits per heavy atom. The van der Waals surface area contributed by atoms with Crippen LogP contribution in [0.1, 0.15) is 22.3 Å². The van der Waals surface area contributed by atoms with Crippen LogP contribution in [0.2, 0.25) is 0 Å². The second-order valence-electron chi connectivity index (χ2n) is 11.3. The third-order valence-electron chi connectivity index (χ3n) is 8.97. The predicted octanol–water partition coefficient (Wildman–Crippen LogP) is 10.3. The molecule has 1 aromatic heterocycles. The molecule has 0 bridgehead atoms. The topological polar surface area (TPSA) is 25.8 Å². The molecule has 206 valence electrons. The molecule has 1 aliphatic heterocycles. The average Bonchev–Trinajstić information content (AvgIpc) is 3.40. The summed E-state index contributed by atoms with van der Waals surface area (Å²) in [6.07, 6.45) is 0. The molecule has 44 heavy (non-hydrogen) atoms.